The summed E-state index contributed by atoms with van der Waals surface area (Å²) in [5, 5.41) is 9.81. The Kier molecular flexibility index (Phi) is 2.58. The van der Waals surface area contributed by atoms with E-state index in [1.807, 2.05) is 18.2 Å². The van der Waals surface area contributed by atoms with Crippen molar-refractivity contribution in [3.05, 3.63) is 36.0 Å². The normalized spacial score (nSPS) is 10.2. The lowest BCUT2D eigenvalue weighted by molar-refractivity contribution is 1.10. The number of hydrogen-bond acceptors (Lipinski definition) is 3. The number of aryl methyl sites for hydroxylation is 1. The molecule has 0 radical (unpaired) electrons. The van der Waals surface area contributed by atoms with Crippen molar-refractivity contribution in [2.45, 2.75) is 13.3 Å². The molecule has 0 atom stereocenters. The predicted molar refractivity (Wildman–Crippen MR) is 62.1 cm³/mol. The Balaban J connectivity index is 2.28. The first-order valence-electron chi connectivity index (χ1n) is 4.95. The van der Waals surface area contributed by atoms with Crippen LogP contribution in [0.25, 0.3) is 0 Å². The molecule has 0 aliphatic rings. The molecule has 0 bridgehead atoms. The summed E-state index contributed by atoms with van der Waals surface area (Å²) in [5.74, 6) is 0.556. The zero-order chi connectivity index (χ0) is 10.7. The van der Waals surface area contributed by atoms with Gasteiger partial charge in [-0.15, -0.1) is 0 Å². The zero-order valence-electron chi connectivity index (χ0n) is 8.62. The van der Waals surface area contributed by atoms with E-state index in [4.69, 9.17) is 5.73 Å². The number of hydrogen-bond donors (Lipinski definition) is 3. The zero-order valence-corrected chi connectivity index (χ0v) is 8.62. The third-order valence-electron chi connectivity index (χ3n) is 2.34. The lowest BCUT2D eigenvalue weighted by atomic mass is 10.1. The van der Waals surface area contributed by atoms with Crippen LogP contribution in [-0.4, -0.2) is 10.2 Å². The Labute approximate surface area is 88.5 Å². The first-order valence-corrected chi connectivity index (χ1v) is 4.95. The van der Waals surface area contributed by atoms with Crippen molar-refractivity contribution in [3.8, 4) is 0 Å². The number of nitrogens with zero attached hydrogens (tertiary/aromatic N) is 1. The fraction of sp³-hybridized carbons (Fsp3) is 0.182. The Hall–Kier alpha value is -1.97. The molecular weight excluding hydrogens is 188 g/mol. The second-order valence-corrected chi connectivity index (χ2v) is 3.33. The maximum Gasteiger partial charge on any atom is 0.143 e. The van der Waals surface area contributed by atoms with Crippen LogP contribution in [0.1, 0.15) is 12.5 Å². The van der Waals surface area contributed by atoms with Crippen LogP contribution in [0.4, 0.5) is 17.2 Å². The summed E-state index contributed by atoms with van der Waals surface area (Å²) in [4.78, 5) is 0. The number of H-pyrrole nitrogens is 1. The molecule has 0 saturated heterocycles. The van der Waals surface area contributed by atoms with E-state index in [0.29, 0.717) is 5.82 Å². The van der Waals surface area contributed by atoms with E-state index >= 15 is 0 Å². The van der Waals surface area contributed by atoms with Gasteiger partial charge in [-0.25, -0.2) is 0 Å². The topological polar surface area (TPSA) is 66.7 Å². The molecular formula is C11H14N4. The number of benzene rings is 1. The summed E-state index contributed by atoms with van der Waals surface area (Å²) in [5.41, 5.74) is 8.85. The highest BCUT2D eigenvalue weighted by molar-refractivity contribution is 5.70. The fourth-order valence-corrected chi connectivity index (χ4v) is 1.49. The average molecular weight is 202 g/mol. The van der Waals surface area contributed by atoms with E-state index < -0.39 is 0 Å². The molecule has 2 rings (SSSR count). The number of aromatic amines is 1. The largest absolute Gasteiger partial charge is 0.382 e. The molecule has 15 heavy (non-hydrogen) atoms. The van der Waals surface area contributed by atoms with Crippen molar-refractivity contribution in [2.24, 2.45) is 0 Å². The summed E-state index contributed by atoms with van der Waals surface area (Å²) in [7, 11) is 0. The Morgan fingerprint density at radius 1 is 1.33 bits per heavy atom. The Bertz CT molecular complexity index is 447. The SMILES string of the molecule is CCc1ccccc1Nc1cn[nH]c1N. The smallest absolute Gasteiger partial charge is 0.143 e. The molecule has 0 unspecified atom stereocenters. The van der Waals surface area contributed by atoms with Gasteiger partial charge >= 0.3 is 0 Å². The van der Waals surface area contributed by atoms with E-state index in [1.165, 1.54) is 5.56 Å². The van der Waals surface area contributed by atoms with Gasteiger partial charge in [-0.3, -0.25) is 5.10 Å². The molecule has 0 amide bonds. The van der Waals surface area contributed by atoms with Crippen LogP contribution in [0.15, 0.2) is 30.5 Å². The summed E-state index contributed by atoms with van der Waals surface area (Å²) in [6.45, 7) is 2.12. The van der Waals surface area contributed by atoms with Gasteiger partial charge < -0.3 is 11.1 Å². The van der Waals surface area contributed by atoms with E-state index in [9.17, 15) is 0 Å². The molecule has 4 heteroatoms. The number of para-hydroxylation sites is 1. The maximum absolute atomic E-state index is 5.70. The highest BCUT2D eigenvalue weighted by Crippen LogP contribution is 2.23. The van der Waals surface area contributed by atoms with Crippen LogP contribution in [0.3, 0.4) is 0 Å². The average Bonchev–Trinajstić information content (AvgIpc) is 2.65. The molecule has 4 nitrogen and oxygen atoms in total. The molecule has 0 fully saturated rings. The molecule has 0 aliphatic heterocycles. The van der Waals surface area contributed by atoms with E-state index in [2.05, 4.69) is 28.5 Å². The molecule has 1 aromatic carbocycles. The lowest BCUT2D eigenvalue weighted by Crippen LogP contribution is -1.97. The van der Waals surface area contributed by atoms with E-state index in [-0.39, 0.29) is 0 Å². The molecule has 1 aromatic heterocycles. The number of anilines is 3. The minimum Gasteiger partial charge on any atom is -0.382 e. The van der Waals surface area contributed by atoms with Crippen LogP contribution in [0.5, 0.6) is 0 Å². The Morgan fingerprint density at radius 2 is 2.13 bits per heavy atom. The molecule has 0 spiro atoms. The van der Waals surface area contributed by atoms with Crippen molar-refractivity contribution >= 4 is 17.2 Å². The second-order valence-electron chi connectivity index (χ2n) is 3.33. The minimum absolute atomic E-state index is 0.556. The van der Waals surface area contributed by atoms with Gasteiger partial charge in [0.15, 0.2) is 0 Å². The van der Waals surface area contributed by atoms with E-state index in [0.717, 1.165) is 17.8 Å². The highest BCUT2D eigenvalue weighted by Gasteiger charge is 2.03. The van der Waals surface area contributed by atoms with Crippen LogP contribution in [-0.2, 0) is 6.42 Å². The molecule has 1 heterocycles. The predicted octanol–water partition coefficient (Wildman–Crippen LogP) is 2.30. The first-order chi connectivity index (χ1) is 7.31. The molecule has 0 saturated carbocycles. The summed E-state index contributed by atoms with van der Waals surface area (Å²) in [6, 6.07) is 8.16. The van der Waals surface area contributed by atoms with Crippen molar-refractivity contribution < 1.29 is 0 Å². The third-order valence-corrected chi connectivity index (χ3v) is 2.34. The highest BCUT2D eigenvalue weighted by atomic mass is 15.2. The second kappa shape index (κ2) is 4.04. The van der Waals surface area contributed by atoms with Gasteiger partial charge in [0.25, 0.3) is 0 Å². The number of nitrogens with two attached hydrogens (primary N) is 1. The summed E-state index contributed by atoms with van der Waals surface area (Å²) in [6.07, 6.45) is 2.67. The lowest BCUT2D eigenvalue weighted by Gasteiger charge is -2.09. The Morgan fingerprint density at radius 3 is 2.80 bits per heavy atom. The molecule has 0 aliphatic carbocycles. The quantitative estimate of drug-likeness (QED) is 0.715. The van der Waals surface area contributed by atoms with Gasteiger partial charge in [-0.1, -0.05) is 25.1 Å². The maximum atomic E-state index is 5.70. The van der Waals surface area contributed by atoms with Crippen molar-refractivity contribution in [1.82, 2.24) is 10.2 Å². The number of aromatic nitrogens is 2. The summed E-state index contributed by atoms with van der Waals surface area (Å²) < 4.78 is 0. The number of nitrogen functional groups attached to an aromatic ring is 1. The van der Waals surface area contributed by atoms with Gasteiger partial charge in [0, 0.05) is 5.69 Å². The monoisotopic (exact) mass is 202 g/mol. The van der Waals surface area contributed by atoms with Crippen LogP contribution < -0.4 is 11.1 Å². The van der Waals surface area contributed by atoms with Crippen molar-refractivity contribution in [3.63, 3.8) is 0 Å². The third kappa shape index (κ3) is 1.93. The molecule has 4 N–H and O–H groups in total. The summed E-state index contributed by atoms with van der Waals surface area (Å²) >= 11 is 0. The van der Waals surface area contributed by atoms with Crippen molar-refractivity contribution in [2.75, 3.05) is 11.1 Å². The fourth-order valence-electron chi connectivity index (χ4n) is 1.49. The van der Waals surface area contributed by atoms with Crippen LogP contribution in [0, 0.1) is 0 Å². The van der Waals surface area contributed by atoms with Gasteiger partial charge in [-0.2, -0.15) is 5.10 Å². The standard InChI is InChI=1S/C11H14N4/c1-2-8-5-3-4-6-9(8)14-10-7-13-15-11(10)12/h3-7,14H,2H2,1H3,(H3,12,13,15). The van der Waals surface area contributed by atoms with Gasteiger partial charge in [-0.05, 0) is 18.1 Å². The van der Waals surface area contributed by atoms with Gasteiger partial charge in [0.05, 0.1) is 6.20 Å². The van der Waals surface area contributed by atoms with Crippen molar-refractivity contribution in [1.29, 1.82) is 0 Å². The van der Waals surface area contributed by atoms with E-state index in [1.54, 1.807) is 6.20 Å². The van der Waals surface area contributed by atoms with Crippen LogP contribution in [0.2, 0.25) is 0 Å². The number of rotatable bonds is 3. The van der Waals surface area contributed by atoms with Crippen LogP contribution >= 0.6 is 0 Å². The molecule has 2 aromatic rings. The minimum atomic E-state index is 0.556. The molecule has 78 valence electrons. The number of nitrogens with one attached hydrogen (secondary N) is 2. The first kappa shape index (κ1) is 9.58. The van der Waals surface area contributed by atoms with Gasteiger partial charge in [0.2, 0.25) is 0 Å². The van der Waals surface area contributed by atoms with Gasteiger partial charge in [0.1, 0.15) is 11.5 Å².